The van der Waals surface area contributed by atoms with Crippen molar-refractivity contribution in [2.75, 3.05) is 10.6 Å². The van der Waals surface area contributed by atoms with Gasteiger partial charge in [-0.05, 0) is 60.9 Å². The first-order valence-corrected chi connectivity index (χ1v) is 8.40. The molecule has 0 aliphatic heterocycles. The molecule has 0 radical (unpaired) electrons. The maximum Gasteiger partial charge on any atom is 0.416 e. The van der Waals surface area contributed by atoms with E-state index in [-0.39, 0.29) is 35.2 Å². The van der Waals surface area contributed by atoms with Crippen LogP contribution in [-0.4, -0.2) is 11.8 Å². The van der Waals surface area contributed by atoms with Crippen molar-refractivity contribution in [2.24, 2.45) is 11.7 Å². The van der Waals surface area contributed by atoms with Gasteiger partial charge in [0.2, 0.25) is 5.91 Å². The van der Waals surface area contributed by atoms with Gasteiger partial charge in [-0.1, -0.05) is 0 Å². The van der Waals surface area contributed by atoms with Crippen LogP contribution in [0.3, 0.4) is 0 Å². The largest absolute Gasteiger partial charge is 0.416 e. The van der Waals surface area contributed by atoms with E-state index in [4.69, 9.17) is 5.73 Å². The summed E-state index contributed by atoms with van der Waals surface area (Å²) >= 11 is 0. The van der Waals surface area contributed by atoms with Crippen LogP contribution in [0.4, 0.5) is 24.5 Å². The number of amides is 2. The predicted molar refractivity (Wildman–Crippen MR) is 95.1 cm³/mol. The van der Waals surface area contributed by atoms with E-state index >= 15 is 0 Å². The quantitative estimate of drug-likeness (QED) is 0.742. The number of hydrogen-bond acceptors (Lipinski definition) is 3. The molecule has 0 bridgehead atoms. The minimum atomic E-state index is -4.54. The van der Waals surface area contributed by atoms with Gasteiger partial charge in [0.05, 0.1) is 5.56 Å². The van der Waals surface area contributed by atoms with E-state index in [0.29, 0.717) is 5.69 Å². The number of anilines is 2. The van der Waals surface area contributed by atoms with Crippen molar-refractivity contribution in [3.8, 4) is 0 Å². The second-order valence-corrected chi connectivity index (χ2v) is 6.42. The fourth-order valence-corrected chi connectivity index (χ4v) is 2.54. The molecule has 8 heteroatoms. The fraction of sp³-hybridized carbons (Fsp3) is 0.263. The van der Waals surface area contributed by atoms with Gasteiger partial charge in [-0.25, -0.2) is 0 Å². The van der Waals surface area contributed by atoms with Crippen molar-refractivity contribution >= 4 is 23.2 Å². The molecule has 4 N–H and O–H groups in total. The molecule has 142 valence electrons. The van der Waals surface area contributed by atoms with Gasteiger partial charge in [0, 0.05) is 29.4 Å². The Bertz CT molecular complexity index is 859. The number of hydrogen-bond donors (Lipinski definition) is 3. The van der Waals surface area contributed by atoms with E-state index in [1.54, 1.807) is 12.1 Å². The molecule has 2 aromatic carbocycles. The number of alkyl halides is 3. The molecule has 3 rings (SSSR count). The molecule has 27 heavy (non-hydrogen) atoms. The first kappa shape index (κ1) is 18.9. The average molecular weight is 377 g/mol. The van der Waals surface area contributed by atoms with E-state index in [1.165, 1.54) is 18.2 Å². The molecular formula is C19H18F3N3O2. The first-order valence-electron chi connectivity index (χ1n) is 8.40. The lowest BCUT2D eigenvalue weighted by Crippen LogP contribution is -2.15. The highest BCUT2D eigenvalue weighted by atomic mass is 19.4. The fourth-order valence-electron chi connectivity index (χ4n) is 2.54. The lowest BCUT2D eigenvalue weighted by molar-refractivity contribution is -0.137. The molecular weight excluding hydrogens is 359 g/mol. The van der Waals surface area contributed by atoms with Gasteiger partial charge in [0.1, 0.15) is 0 Å². The normalized spacial score (nSPS) is 13.9. The smallest absolute Gasteiger partial charge is 0.326 e. The molecule has 1 saturated carbocycles. The Labute approximate surface area is 153 Å². The molecule has 0 atom stereocenters. The number of halogens is 3. The van der Waals surface area contributed by atoms with Gasteiger partial charge >= 0.3 is 6.18 Å². The van der Waals surface area contributed by atoms with E-state index in [1.807, 2.05) is 0 Å². The summed E-state index contributed by atoms with van der Waals surface area (Å²) < 4.78 is 38.9. The zero-order valence-corrected chi connectivity index (χ0v) is 14.3. The summed E-state index contributed by atoms with van der Waals surface area (Å²) in [5.41, 5.74) is 5.66. The molecule has 2 aromatic rings. The molecule has 1 aliphatic carbocycles. The minimum absolute atomic E-state index is 0.0152. The summed E-state index contributed by atoms with van der Waals surface area (Å²) in [6, 6.07) is 9.36. The van der Waals surface area contributed by atoms with Crippen molar-refractivity contribution in [1.29, 1.82) is 0 Å². The number of rotatable bonds is 5. The standard InChI is InChI=1S/C19H18F3N3O2/c20-19(21,22)14-7-11(10-23)8-16(9-14)25-18(27)13-3-5-15(6-4-13)24-17(26)12-1-2-12/h3-9,12H,1-2,10,23H2,(H,24,26)(H,25,27). The van der Waals surface area contributed by atoms with Gasteiger partial charge in [-0.3, -0.25) is 9.59 Å². The minimum Gasteiger partial charge on any atom is -0.326 e. The van der Waals surface area contributed by atoms with E-state index in [9.17, 15) is 22.8 Å². The monoisotopic (exact) mass is 377 g/mol. The summed E-state index contributed by atoms with van der Waals surface area (Å²) in [7, 11) is 0. The molecule has 1 aliphatic rings. The van der Waals surface area contributed by atoms with Gasteiger partial charge in [-0.15, -0.1) is 0 Å². The molecule has 5 nitrogen and oxygen atoms in total. The van der Waals surface area contributed by atoms with Crippen LogP contribution in [0.25, 0.3) is 0 Å². The van der Waals surface area contributed by atoms with Gasteiger partial charge in [0.15, 0.2) is 0 Å². The molecule has 1 fully saturated rings. The van der Waals surface area contributed by atoms with E-state index in [0.717, 1.165) is 25.0 Å². The summed E-state index contributed by atoms with van der Waals surface area (Å²) in [5.74, 6) is -0.548. The van der Waals surface area contributed by atoms with Crippen LogP contribution in [0.2, 0.25) is 0 Å². The summed E-state index contributed by atoms with van der Waals surface area (Å²) in [4.78, 5) is 24.0. The lowest BCUT2D eigenvalue weighted by Gasteiger charge is -2.13. The summed E-state index contributed by atoms with van der Waals surface area (Å²) in [6.45, 7) is -0.0812. The number of nitrogens with two attached hydrogens (primary N) is 1. The van der Waals surface area contributed by atoms with Gasteiger partial charge in [-0.2, -0.15) is 13.2 Å². The topological polar surface area (TPSA) is 84.2 Å². The van der Waals surface area contributed by atoms with Crippen LogP contribution in [0.1, 0.15) is 34.3 Å². The van der Waals surface area contributed by atoms with E-state index < -0.39 is 17.6 Å². The van der Waals surface area contributed by atoms with Crippen LogP contribution in [0.5, 0.6) is 0 Å². The maximum atomic E-state index is 13.0. The van der Waals surface area contributed by atoms with Crippen LogP contribution in [-0.2, 0) is 17.5 Å². The number of benzene rings is 2. The highest BCUT2D eigenvalue weighted by molar-refractivity contribution is 6.04. The predicted octanol–water partition coefficient (Wildman–Crippen LogP) is 3.76. The first-order chi connectivity index (χ1) is 12.8. The molecule has 0 spiro atoms. The Morgan fingerprint density at radius 3 is 2.22 bits per heavy atom. The Morgan fingerprint density at radius 1 is 1.00 bits per heavy atom. The van der Waals surface area contributed by atoms with Crippen LogP contribution in [0.15, 0.2) is 42.5 Å². The van der Waals surface area contributed by atoms with Crippen molar-refractivity contribution in [2.45, 2.75) is 25.6 Å². The Hall–Kier alpha value is -2.87. The van der Waals surface area contributed by atoms with Gasteiger partial charge < -0.3 is 16.4 Å². The molecule has 0 saturated heterocycles. The van der Waals surface area contributed by atoms with Crippen LogP contribution in [0, 0.1) is 5.92 Å². The highest BCUT2D eigenvalue weighted by Crippen LogP contribution is 2.32. The van der Waals surface area contributed by atoms with Crippen LogP contribution >= 0.6 is 0 Å². The third kappa shape index (κ3) is 4.85. The summed E-state index contributed by atoms with van der Waals surface area (Å²) in [5, 5.41) is 5.20. The number of carbonyl (C=O) groups is 2. The Balaban J connectivity index is 1.72. The summed E-state index contributed by atoms with van der Waals surface area (Å²) in [6.07, 6.45) is -2.77. The van der Waals surface area contributed by atoms with Gasteiger partial charge in [0.25, 0.3) is 5.91 Å². The number of carbonyl (C=O) groups excluding carboxylic acids is 2. The number of nitrogens with one attached hydrogen (secondary N) is 2. The molecule has 0 heterocycles. The second-order valence-electron chi connectivity index (χ2n) is 6.42. The van der Waals surface area contributed by atoms with Crippen LogP contribution < -0.4 is 16.4 Å². The SMILES string of the molecule is NCc1cc(NC(=O)c2ccc(NC(=O)C3CC3)cc2)cc(C(F)(F)F)c1. The van der Waals surface area contributed by atoms with Crippen molar-refractivity contribution in [1.82, 2.24) is 0 Å². The van der Waals surface area contributed by atoms with E-state index in [2.05, 4.69) is 10.6 Å². The Morgan fingerprint density at radius 2 is 1.67 bits per heavy atom. The lowest BCUT2D eigenvalue weighted by atomic mass is 10.1. The third-order valence-electron chi connectivity index (χ3n) is 4.18. The Kier molecular flexibility index (Phi) is 5.18. The average Bonchev–Trinajstić information content (AvgIpc) is 3.46. The second kappa shape index (κ2) is 7.40. The third-order valence-corrected chi connectivity index (χ3v) is 4.18. The molecule has 0 aromatic heterocycles. The molecule has 2 amide bonds. The van der Waals surface area contributed by atoms with Crippen molar-refractivity contribution in [3.63, 3.8) is 0 Å². The zero-order chi connectivity index (χ0) is 19.6. The maximum absolute atomic E-state index is 13.0. The highest BCUT2D eigenvalue weighted by Gasteiger charge is 2.31. The molecule has 0 unspecified atom stereocenters. The van der Waals surface area contributed by atoms with Crippen molar-refractivity contribution < 1.29 is 22.8 Å². The zero-order valence-electron chi connectivity index (χ0n) is 14.3. The van der Waals surface area contributed by atoms with Crippen molar-refractivity contribution in [3.05, 3.63) is 59.2 Å².